The van der Waals surface area contributed by atoms with Gasteiger partial charge in [0, 0.05) is 19.0 Å². The second-order valence-corrected chi connectivity index (χ2v) is 6.13. The van der Waals surface area contributed by atoms with E-state index in [0.717, 1.165) is 12.8 Å². The van der Waals surface area contributed by atoms with Gasteiger partial charge in [-0.25, -0.2) is 12.7 Å². The van der Waals surface area contributed by atoms with Crippen molar-refractivity contribution >= 4 is 21.6 Å². The Balaban J connectivity index is 2.58. The number of halogens is 1. The average Bonchev–Trinajstić information content (AvgIpc) is 2.84. The molecule has 5 heteroatoms. The molecule has 0 heterocycles. The first-order valence-electron chi connectivity index (χ1n) is 4.50. The van der Waals surface area contributed by atoms with Crippen LogP contribution in [0.4, 0.5) is 0 Å². The van der Waals surface area contributed by atoms with Crippen molar-refractivity contribution in [2.75, 3.05) is 18.7 Å². The van der Waals surface area contributed by atoms with Crippen LogP contribution in [0.15, 0.2) is 0 Å². The molecule has 78 valence electrons. The molecule has 0 aromatic carbocycles. The Morgan fingerprint density at radius 1 is 1.54 bits per heavy atom. The maximum Gasteiger partial charge on any atom is 0.215 e. The third-order valence-electron chi connectivity index (χ3n) is 2.65. The first-order chi connectivity index (χ1) is 5.99. The van der Waals surface area contributed by atoms with Crippen molar-refractivity contribution in [2.45, 2.75) is 25.8 Å². The van der Waals surface area contributed by atoms with E-state index in [0.29, 0.717) is 5.92 Å². The lowest BCUT2D eigenvalue weighted by atomic mass is 10.2. The highest BCUT2D eigenvalue weighted by Crippen LogP contribution is 2.35. The molecule has 0 spiro atoms. The molecular weight excluding hydrogens is 210 g/mol. The summed E-state index contributed by atoms with van der Waals surface area (Å²) >= 11 is 5.42. The molecule has 1 atom stereocenters. The lowest BCUT2D eigenvalue weighted by Crippen LogP contribution is -2.38. The van der Waals surface area contributed by atoms with Crippen molar-refractivity contribution in [3.05, 3.63) is 0 Å². The molecule has 0 saturated heterocycles. The minimum atomic E-state index is -3.11. The van der Waals surface area contributed by atoms with Crippen molar-refractivity contribution in [1.29, 1.82) is 0 Å². The van der Waals surface area contributed by atoms with Gasteiger partial charge in [0.2, 0.25) is 10.0 Å². The van der Waals surface area contributed by atoms with Gasteiger partial charge in [-0.2, -0.15) is 0 Å². The van der Waals surface area contributed by atoms with Gasteiger partial charge in [0.25, 0.3) is 0 Å². The van der Waals surface area contributed by atoms with Crippen molar-refractivity contribution in [2.24, 2.45) is 5.92 Å². The minimum Gasteiger partial charge on any atom is -0.212 e. The van der Waals surface area contributed by atoms with Crippen molar-refractivity contribution in [3.8, 4) is 0 Å². The first-order valence-corrected chi connectivity index (χ1v) is 6.65. The predicted octanol–water partition coefficient (Wildman–Crippen LogP) is 1.29. The number of alkyl halides is 1. The molecule has 1 fully saturated rings. The topological polar surface area (TPSA) is 37.4 Å². The maximum atomic E-state index is 11.5. The summed E-state index contributed by atoms with van der Waals surface area (Å²) in [5.41, 5.74) is 0. The van der Waals surface area contributed by atoms with Crippen LogP contribution in [0.5, 0.6) is 0 Å². The lowest BCUT2D eigenvalue weighted by molar-refractivity contribution is 0.357. The number of sulfonamides is 1. The SMILES string of the molecule is CC(C1CC1)N(C)S(=O)(=O)CCCl. The van der Waals surface area contributed by atoms with Gasteiger partial charge < -0.3 is 0 Å². The monoisotopic (exact) mass is 225 g/mol. The number of rotatable bonds is 5. The summed E-state index contributed by atoms with van der Waals surface area (Å²) in [6.45, 7) is 1.96. The second-order valence-electron chi connectivity index (χ2n) is 3.60. The molecule has 0 aromatic rings. The Labute approximate surface area is 85.1 Å². The zero-order chi connectivity index (χ0) is 10.1. The Bertz CT molecular complexity index is 261. The summed E-state index contributed by atoms with van der Waals surface area (Å²) in [5, 5.41) is 0. The Morgan fingerprint density at radius 3 is 2.46 bits per heavy atom. The second kappa shape index (κ2) is 4.15. The Kier molecular flexibility index (Phi) is 3.60. The molecular formula is C8H16ClNO2S. The molecule has 1 rings (SSSR count). The van der Waals surface area contributed by atoms with Crippen molar-refractivity contribution in [3.63, 3.8) is 0 Å². The van der Waals surface area contributed by atoms with E-state index in [4.69, 9.17) is 11.6 Å². The van der Waals surface area contributed by atoms with Crippen LogP contribution in [0.25, 0.3) is 0 Å². The van der Waals surface area contributed by atoms with Gasteiger partial charge >= 0.3 is 0 Å². The van der Waals surface area contributed by atoms with Gasteiger partial charge in [-0.05, 0) is 25.7 Å². The van der Waals surface area contributed by atoms with E-state index in [-0.39, 0.29) is 17.7 Å². The van der Waals surface area contributed by atoms with Crippen molar-refractivity contribution in [1.82, 2.24) is 4.31 Å². The highest BCUT2D eigenvalue weighted by atomic mass is 35.5. The van der Waals surface area contributed by atoms with Crippen LogP contribution in [0, 0.1) is 5.92 Å². The molecule has 1 aliphatic rings. The quantitative estimate of drug-likeness (QED) is 0.662. The fourth-order valence-electron chi connectivity index (χ4n) is 1.37. The summed E-state index contributed by atoms with van der Waals surface area (Å²) in [5.74, 6) is 0.779. The highest BCUT2D eigenvalue weighted by molar-refractivity contribution is 7.89. The summed E-state index contributed by atoms with van der Waals surface area (Å²) in [7, 11) is -1.47. The van der Waals surface area contributed by atoms with Gasteiger partial charge in [-0.3, -0.25) is 0 Å². The fourth-order valence-corrected chi connectivity index (χ4v) is 3.12. The molecule has 3 nitrogen and oxygen atoms in total. The predicted molar refractivity (Wildman–Crippen MR) is 54.5 cm³/mol. The van der Waals surface area contributed by atoms with E-state index in [1.807, 2.05) is 6.92 Å². The van der Waals surface area contributed by atoms with E-state index in [1.54, 1.807) is 7.05 Å². The summed E-state index contributed by atoms with van der Waals surface area (Å²) < 4.78 is 24.6. The van der Waals surface area contributed by atoms with Crippen LogP contribution in [-0.4, -0.2) is 37.4 Å². The zero-order valence-electron chi connectivity index (χ0n) is 8.03. The summed E-state index contributed by atoms with van der Waals surface area (Å²) in [6, 6.07) is 0.133. The van der Waals surface area contributed by atoms with E-state index < -0.39 is 10.0 Å². The van der Waals surface area contributed by atoms with Crippen LogP contribution in [0.2, 0.25) is 0 Å². The van der Waals surface area contributed by atoms with Crippen LogP contribution in [-0.2, 0) is 10.0 Å². The number of hydrogen-bond acceptors (Lipinski definition) is 2. The van der Waals surface area contributed by atoms with Gasteiger partial charge in [0.15, 0.2) is 0 Å². The number of hydrogen-bond donors (Lipinski definition) is 0. The molecule has 0 radical (unpaired) electrons. The maximum absolute atomic E-state index is 11.5. The van der Waals surface area contributed by atoms with Crippen molar-refractivity contribution < 1.29 is 8.42 Å². The van der Waals surface area contributed by atoms with E-state index in [9.17, 15) is 8.42 Å². The minimum absolute atomic E-state index is 0.0438. The van der Waals surface area contributed by atoms with Crippen LogP contribution in [0.3, 0.4) is 0 Å². The number of nitrogens with zero attached hydrogens (tertiary/aromatic N) is 1. The molecule has 0 N–H and O–H groups in total. The third kappa shape index (κ3) is 2.82. The molecule has 1 saturated carbocycles. The molecule has 0 bridgehead atoms. The van der Waals surface area contributed by atoms with E-state index >= 15 is 0 Å². The van der Waals surface area contributed by atoms with Gasteiger partial charge in [0.1, 0.15) is 0 Å². The summed E-state index contributed by atoms with van der Waals surface area (Å²) in [6.07, 6.45) is 2.31. The van der Waals surface area contributed by atoms with E-state index in [1.165, 1.54) is 4.31 Å². The molecule has 0 amide bonds. The smallest absolute Gasteiger partial charge is 0.212 e. The largest absolute Gasteiger partial charge is 0.215 e. The van der Waals surface area contributed by atoms with Gasteiger partial charge in [0.05, 0.1) is 5.75 Å². The normalized spacial score (nSPS) is 20.6. The fraction of sp³-hybridized carbons (Fsp3) is 1.00. The molecule has 1 aliphatic carbocycles. The van der Waals surface area contributed by atoms with Gasteiger partial charge in [-0.15, -0.1) is 11.6 Å². The molecule has 1 unspecified atom stereocenters. The van der Waals surface area contributed by atoms with Crippen LogP contribution >= 0.6 is 11.6 Å². The lowest BCUT2D eigenvalue weighted by Gasteiger charge is -2.23. The zero-order valence-corrected chi connectivity index (χ0v) is 9.61. The molecule has 13 heavy (non-hydrogen) atoms. The van der Waals surface area contributed by atoms with Crippen LogP contribution < -0.4 is 0 Å². The molecule has 0 aliphatic heterocycles. The highest BCUT2D eigenvalue weighted by Gasteiger charge is 2.34. The van der Waals surface area contributed by atoms with E-state index in [2.05, 4.69) is 0 Å². The Hall–Kier alpha value is 0.200. The standard InChI is InChI=1S/C8H16ClNO2S/c1-7(8-3-4-8)10(2)13(11,12)6-5-9/h7-8H,3-6H2,1-2H3. The van der Waals surface area contributed by atoms with Gasteiger partial charge in [-0.1, -0.05) is 0 Å². The molecule has 0 aromatic heterocycles. The summed E-state index contributed by atoms with van der Waals surface area (Å²) in [4.78, 5) is 0. The third-order valence-corrected chi connectivity index (χ3v) is 4.99. The first kappa shape index (κ1) is 11.3. The Morgan fingerprint density at radius 2 is 2.08 bits per heavy atom. The average molecular weight is 226 g/mol. The van der Waals surface area contributed by atoms with Crippen LogP contribution in [0.1, 0.15) is 19.8 Å².